The zero-order valence-corrected chi connectivity index (χ0v) is 14.5. The molecule has 0 aromatic rings. The first-order chi connectivity index (χ1) is 11.5. The highest BCUT2D eigenvalue weighted by atomic mass is 16.7. The average molecular weight is 340 g/mol. The zero-order chi connectivity index (χ0) is 17.7. The van der Waals surface area contributed by atoms with Crippen LogP contribution in [-0.4, -0.2) is 98.2 Å². The molecule has 2 fully saturated rings. The van der Waals surface area contributed by atoms with Crippen LogP contribution < -0.4 is 5.90 Å². The summed E-state index contributed by atoms with van der Waals surface area (Å²) in [6.07, 6.45) is -0.0157. The lowest BCUT2D eigenvalue weighted by molar-refractivity contribution is -0.178. The molecule has 4 radical (unpaired) electrons. The van der Waals surface area contributed by atoms with Gasteiger partial charge in [-0.25, -0.2) is 5.90 Å². The van der Waals surface area contributed by atoms with Crippen molar-refractivity contribution in [3.8, 4) is 0 Å². The first-order valence-corrected chi connectivity index (χ1v) is 8.03. The molecule has 8 nitrogen and oxygen atoms in total. The third-order valence-corrected chi connectivity index (χ3v) is 4.55. The summed E-state index contributed by atoms with van der Waals surface area (Å²) in [4.78, 5) is 10.5. The lowest BCUT2D eigenvalue weighted by atomic mass is 9.87. The van der Waals surface area contributed by atoms with Gasteiger partial charge in [0.2, 0.25) is 0 Å². The molecule has 0 amide bonds. The van der Waals surface area contributed by atoms with Crippen LogP contribution in [0.5, 0.6) is 0 Å². The molecule has 2 aliphatic rings. The number of hydrogen-bond acceptors (Lipinski definition) is 8. The Bertz CT molecular complexity index is 383. The summed E-state index contributed by atoms with van der Waals surface area (Å²) in [5, 5.41) is 1.72. The molecule has 0 bridgehead atoms. The molecule has 2 aliphatic heterocycles. The fourth-order valence-corrected chi connectivity index (χ4v) is 3.28. The van der Waals surface area contributed by atoms with Gasteiger partial charge in [0.15, 0.2) is 0 Å². The Morgan fingerprint density at radius 2 is 1.88 bits per heavy atom. The van der Waals surface area contributed by atoms with Crippen LogP contribution in [0.15, 0.2) is 0 Å². The minimum absolute atomic E-state index is 0.0305. The van der Waals surface area contributed by atoms with Crippen molar-refractivity contribution in [2.75, 3.05) is 41.0 Å². The van der Waals surface area contributed by atoms with Crippen molar-refractivity contribution < 1.29 is 28.6 Å². The number of hydroxylamine groups is 2. The van der Waals surface area contributed by atoms with E-state index in [-0.39, 0.29) is 36.9 Å². The lowest BCUT2D eigenvalue weighted by Gasteiger charge is -2.27. The quantitative estimate of drug-likeness (QED) is 0.404. The Labute approximate surface area is 145 Å². The van der Waals surface area contributed by atoms with Gasteiger partial charge in [-0.3, -0.25) is 4.84 Å². The van der Waals surface area contributed by atoms with Crippen LogP contribution >= 0.6 is 0 Å². The fraction of sp³-hybridized carbons (Fsp3) is 1.00. The van der Waals surface area contributed by atoms with Gasteiger partial charge >= 0.3 is 0 Å². The van der Waals surface area contributed by atoms with Crippen LogP contribution in [0.25, 0.3) is 0 Å². The summed E-state index contributed by atoms with van der Waals surface area (Å²) in [5.74, 6) is 5.14. The van der Waals surface area contributed by atoms with Crippen molar-refractivity contribution in [3.63, 3.8) is 0 Å². The van der Waals surface area contributed by atoms with E-state index in [1.807, 2.05) is 7.05 Å². The average Bonchev–Trinajstić information content (AvgIpc) is 3.05. The predicted octanol–water partition coefficient (Wildman–Crippen LogP) is -1.44. The number of nitrogens with two attached hydrogens (primary N) is 1. The molecule has 0 spiro atoms. The second-order valence-electron chi connectivity index (χ2n) is 6.18. The molecule has 24 heavy (non-hydrogen) atoms. The third-order valence-electron chi connectivity index (χ3n) is 4.55. The van der Waals surface area contributed by atoms with E-state index in [1.54, 1.807) is 19.3 Å². The van der Waals surface area contributed by atoms with Crippen LogP contribution in [0, 0.1) is 5.92 Å². The van der Waals surface area contributed by atoms with Crippen LogP contribution in [0.3, 0.4) is 0 Å². The second kappa shape index (κ2) is 9.49. The summed E-state index contributed by atoms with van der Waals surface area (Å²) in [5.41, 5.74) is 0. The number of hydrogen-bond donors (Lipinski definition) is 1. The molecule has 134 valence electrons. The molecule has 7 atom stereocenters. The van der Waals surface area contributed by atoms with Gasteiger partial charge in [0.25, 0.3) is 0 Å². The van der Waals surface area contributed by atoms with Gasteiger partial charge in [0.1, 0.15) is 15.7 Å². The summed E-state index contributed by atoms with van der Waals surface area (Å²) in [6.45, 7) is 1.17. The standard InChI is InChI=1S/C14H26B2N2O6/c1-18(22-6-8-4-10(19-2)13(15)23-8)5-9-11(7-21-17)24-14(16)12(9)20-3/h8-14H,4-7,17H2,1-3H3/t8?,9-,10-,11?,12-,13-,14-/m1/s1. The molecular formula is C14H26B2N2O6. The van der Waals surface area contributed by atoms with E-state index in [1.165, 1.54) is 0 Å². The van der Waals surface area contributed by atoms with Gasteiger partial charge in [-0.05, 0) is 0 Å². The molecule has 2 rings (SSSR count). The maximum Gasteiger partial charge on any atom is 0.112 e. The second-order valence-corrected chi connectivity index (χ2v) is 6.18. The molecule has 10 heteroatoms. The summed E-state index contributed by atoms with van der Waals surface area (Å²) in [7, 11) is 16.8. The van der Waals surface area contributed by atoms with E-state index in [9.17, 15) is 0 Å². The highest BCUT2D eigenvalue weighted by Gasteiger charge is 2.43. The summed E-state index contributed by atoms with van der Waals surface area (Å²) in [6, 6.07) is -0.939. The van der Waals surface area contributed by atoms with Crippen LogP contribution in [0.4, 0.5) is 0 Å². The van der Waals surface area contributed by atoms with Gasteiger partial charge in [-0.2, -0.15) is 5.06 Å². The van der Waals surface area contributed by atoms with E-state index >= 15 is 0 Å². The monoisotopic (exact) mass is 340 g/mol. The van der Waals surface area contributed by atoms with Gasteiger partial charge in [0, 0.05) is 52.2 Å². The lowest BCUT2D eigenvalue weighted by Crippen LogP contribution is -2.40. The first kappa shape index (κ1) is 20.1. The van der Waals surface area contributed by atoms with Crippen molar-refractivity contribution in [2.24, 2.45) is 11.8 Å². The smallest absolute Gasteiger partial charge is 0.112 e. The Morgan fingerprint density at radius 3 is 2.46 bits per heavy atom. The van der Waals surface area contributed by atoms with E-state index in [2.05, 4.69) is 0 Å². The van der Waals surface area contributed by atoms with Crippen molar-refractivity contribution in [1.29, 1.82) is 0 Å². The van der Waals surface area contributed by atoms with E-state index in [0.717, 1.165) is 0 Å². The molecule has 0 aromatic heterocycles. The highest BCUT2D eigenvalue weighted by Crippen LogP contribution is 2.29. The Kier molecular flexibility index (Phi) is 7.96. The molecule has 2 saturated heterocycles. The minimum Gasteiger partial charge on any atom is -0.380 e. The molecule has 2 heterocycles. The first-order valence-electron chi connectivity index (χ1n) is 8.03. The largest absolute Gasteiger partial charge is 0.380 e. The SMILES string of the molecule is [B][C@@H]1OC(CON)[C@@H](CN(C)OCC2C[C@@H](OC)[C@H]([B])O2)[C@H]1OC. The minimum atomic E-state index is -0.521. The van der Waals surface area contributed by atoms with Crippen molar-refractivity contribution in [2.45, 2.75) is 42.8 Å². The zero-order valence-electron chi connectivity index (χ0n) is 14.5. The summed E-state index contributed by atoms with van der Waals surface area (Å²) < 4.78 is 22.0. The number of ether oxygens (including phenoxy) is 4. The topological polar surface area (TPSA) is 84.6 Å². The van der Waals surface area contributed by atoms with E-state index in [0.29, 0.717) is 19.6 Å². The van der Waals surface area contributed by atoms with Gasteiger partial charge < -0.3 is 23.8 Å². The molecular weight excluding hydrogens is 314 g/mol. The van der Waals surface area contributed by atoms with Crippen molar-refractivity contribution in [3.05, 3.63) is 0 Å². The molecule has 0 saturated carbocycles. The van der Waals surface area contributed by atoms with E-state index in [4.69, 9.17) is 50.2 Å². The Hall–Kier alpha value is -0.190. The van der Waals surface area contributed by atoms with E-state index < -0.39 is 12.0 Å². The summed E-state index contributed by atoms with van der Waals surface area (Å²) >= 11 is 0. The van der Waals surface area contributed by atoms with Crippen LogP contribution in [0.2, 0.25) is 0 Å². The predicted molar refractivity (Wildman–Crippen MR) is 87.3 cm³/mol. The maximum atomic E-state index is 5.94. The molecule has 2 N–H and O–H groups in total. The van der Waals surface area contributed by atoms with Crippen LogP contribution in [-0.2, 0) is 28.6 Å². The Morgan fingerprint density at radius 1 is 1.12 bits per heavy atom. The maximum absolute atomic E-state index is 5.94. The van der Waals surface area contributed by atoms with Gasteiger partial charge in [-0.15, -0.1) is 0 Å². The number of methoxy groups -OCH3 is 2. The Balaban J connectivity index is 1.80. The van der Waals surface area contributed by atoms with Crippen molar-refractivity contribution in [1.82, 2.24) is 5.06 Å². The van der Waals surface area contributed by atoms with Crippen molar-refractivity contribution >= 4 is 15.7 Å². The molecule has 0 aliphatic carbocycles. The highest BCUT2D eigenvalue weighted by molar-refractivity contribution is 6.11. The molecule has 2 unspecified atom stereocenters. The van der Waals surface area contributed by atoms with Gasteiger partial charge in [-0.1, -0.05) is 0 Å². The normalized spacial score (nSPS) is 39.8. The van der Waals surface area contributed by atoms with Gasteiger partial charge in [0.05, 0.1) is 37.6 Å². The number of rotatable bonds is 9. The molecule has 0 aromatic carbocycles. The number of nitrogens with zero attached hydrogens (tertiary/aromatic N) is 1. The fourth-order valence-electron chi connectivity index (χ4n) is 3.28. The third kappa shape index (κ3) is 4.92. The van der Waals surface area contributed by atoms with Crippen LogP contribution in [0.1, 0.15) is 6.42 Å².